The molecular weight excluding hydrogens is 326 g/mol. The Morgan fingerprint density at radius 1 is 1.12 bits per heavy atom. The lowest BCUT2D eigenvalue weighted by molar-refractivity contribution is -0.140. The molecule has 1 aromatic heterocycles. The Balaban J connectivity index is 1.33. The molecule has 1 aliphatic heterocycles. The first-order valence-corrected chi connectivity index (χ1v) is 9.59. The summed E-state index contributed by atoms with van der Waals surface area (Å²) in [6.45, 7) is 0.182. The third kappa shape index (κ3) is 2.75. The number of nitrogens with zero attached hydrogens (tertiary/aromatic N) is 2. The maximum Gasteiger partial charge on any atom is 0.233 e. The quantitative estimate of drug-likeness (QED) is 0.846. The number of aryl methyl sites for hydroxylation is 2. The lowest BCUT2D eigenvalue weighted by atomic mass is 9.81. The van der Waals surface area contributed by atoms with Crippen molar-refractivity contribution in [3.63, 3.8) is 0 Å². The molecule has 1 saturated carbocycles. The van der Waals surface area contributed by atoms with Gasteiger partial charge in [-0.15, -0.1) is 11.3 Å². The molecule has 24 heavy (non-hydrogen) atoms. The van der Waals surface area contributed by atoms with E-state index in [2.05, 4.69) is 10.3 Å². The van der Waals surface area contributed by atoms with Crippen LogP contribution in [0.15, 0.2) is 0 Å². The largest absolute Gasteiger partial charge is 0.302 e. The number of likely N-dealkylation sites (tertiary alicyclic amines) is 1. The molecule has 1 saturated heterocycles. The van der Waals surface area contributed by atoms with Gasteiger partial charge in [0, 0.05) is 17.8 Å². The highest BCUT2D eigenvalue weighted by molar-refractivity contribution is 7.15. The standard InChI is InChI=1S/C17H21N3O3S/c21-14(19-17-18-12-6-3-7-13(12)24-17)8-9-20-15(22)10-4-1-2-5-11(10)16(20)23/h10-11H,1-9H2,(H,18,19,21)/t10-,11+. The highest BCUT2D eigenvalue weighted by atomic mass is 32.1. The molecule has 1 aromatic rings. The third-order valence-electron chi connectivity index (χ3n) is 5.34. The lowest BCUT2D eigenvalue weighted by Crippen LogP contribution is -2.34. The number of nitrogens with one attached hydrogen (secondary N) is 1. The van der Waals surface area contributed by atoms with Crippen molar-refractivity contribution in [2.24, 2.45) is 11.8 Å². The van der Waals surface area contributed by atoms with E-state index >= 15 is 0 Å². The Labute approximate surface area is 144 Å². The Morgan fingerprint density at radius 3 is 2.50 bits per heavy atom. The second-order valence-corrected chi connectivity index (χ2v) is 7.95. The summed E-state index contributed by atoms with van der Waals surface area (Å²) in [4.78, 5) is 43.9. The first-order chi connectivity index (χ1) is 11.6. The molecule has 6 nitrogen and oxygen atoms in total. The summed E-state index contributed by atoms with van der Waals surface area (Å²) in [5, 5.41) is 3.44. The Bertz CT molecular complexity index is 654. The number of amides is 3. The average molecular weight is 347 g/mol. The monoisotopic (exact) mass is 347 g/mol. The summed E-state index contributed by atoms with van der Waals surface area (Å²) in [6, 6.07) is 0. The van der Waals surface area contributed by atoms with E-state index < -0.39 is 0 Å². The van der Waals surface area contributed by atoms with Crippen LogP contribution in [0.1, 0.15) is 49.1 Å². The van der Waals surface area contributed by atoms with Gasteiger partial charge in [0.1, 0.15) is 0 Å². The zero-order valence-electron chi connectivity index (χ0n) is 13.5. The number of carbonyl (C=O) groups is 3. The van der Waals surface area contributed by atoms with E-state index in [0.29, 0.717) is 5.13 Å². The number of imide groups is 1. The first kappa shape index (κ1) is 15.7. The van der Waals surface area contributed by atoms with Crippen LogP contribution in [0, 0.1) is 11.8 Å². The second-order valence-electron chi connectivity index (χ2n) is 6.87. The third-order valence-corrected chi connectivity index (χ3v) is 6.41. The molecule has 3 amide bonds. The molecular formula is C17H21N3O3S. The smallest absolute Gasteiger partial charge is 0.233 e. The minimum absolute atomic E-state index is 0.0780. The predicted molar refractivity (Wildman–Crippen MR) is 89.6 cm³/mol. The van der Waals surface area contributed by atoms with Gasteiger partial charge in [-0.1, -0.05) is 12.8 Å². The Hall–Kier alpha value is -1.76. The summed E-state index contributed by atoms with van der Waals surface area (Å²) in [5.74, 6) is -0.623. The molecule has 2 fully saturated rings. The minimum Gasteiger partial charge on any atom is -0.302 e. The first-order valence-electron chi connectivity index (χ1n) is 8.77. The molecule has 4 rings (SSSR count). The van der Waals surface area contributed by atoms with Crippen LogP contribution in [-0.2, 0) is 27.2 Å². The molecule has 0 spiro atoms. The number of thiazole rings is 1. The van der Waals surface area contributed by atoms with Crippen LogP contribution >= 0.6 is 11.3 Å². The van der Waals surface area contributed by atoms with Gasteiger partial charge in [-0.05, 0) is 32.1 Å². The summed E-state index contributed by atoms with van der Waals surface area (Å²) < 4.78 is 0. The van der Waals surface area contributed by atoms with Gasteiger partial charge in [0.2, 0.25) is 17.7 Å². The molecule has 0 aromatic carbocycles. The molecule has 0 unspecified atom stereocenters. The van der Waals surface area contributed by atoms with Crippen LogP contribution in [0.25, 0.3) is 0 Å². The van der Waals surface area contributed by atoms with Gasteiger partial charge in [0.05, 0.1) is 17.5 Å². The molecule has 2 atom stereocenters. The summed E-state index contributed by atoms with van der Waals surface area (Å²) >= 11 is 1.54. The van der Waals surface area contributed by atoms with Crippen molar-refractivity contribution < 1.29 is 14.4 Å². The lowest BCUT2D eigenvalue weighted by Gasteiger charge is -2.19. The number of carbonyl (C=O) groups excluding carboxylic acids is 3. The van der Waals surface area contributed by atoms with E-state index in [1.807, 2.05) is 0 Å². The van der Waals surface area contributed by atoms with E-state index in [1.165, 1.54) is 21.1 Å². The maximum atomic E-state index is 12.4. The van der Waals surface area contributed by atoms with Crippen LogP contribution in [0.5, 0.6) is 0 Å². The molecule has 1 N–H and O–H groups in total. The van der Waals surface area contributed by atoms with E-state index in [1.54, 1.807) is 0 Å². The number of fused-ring (bicyclic) bond motifs is 2. The summed E-state index contributed by atoms with van der Waals surface area (Å²) in [6.07, 6.45) is 6.96. The average Bonchev–Trinajstić information content (AvgIpc) is 3.21. The molecule has 2 aliphatic carbocycles. The van der Waals surface area contributed by atoms with E-state index in [0.717, 1.165) is 50.6 Å². The fourth-order valence-electron chi connectivity index (χ4n) is 4.09. The van der Waals surface area contributed by atoms with Gasteiger partial charge in [0.25, 0.3) is 0 Å². The van der Waals surface area contributed by atoms with Crippen LogP contribution in [0.2, 0.25) is 0 Å². The molecule has 2 heterocycles. The SMILES string of the molecule is O=C(CCN1C(=O)[C@H]2CCCC[C@H]2C1=O)Nc1nc2c(s1)CCC2. The van der Waals surface area contributed by atoms with Gasteiger partial charge < -0.3 is 5.32 Å². The Morgan fingerprint density at radius 2 is 1.83 bits per heavy atom. The van der Waals surface area contributed by atoms with Crippen LogP contribution in [0.4, 0.5) is 5.13 Å². The van der Waals surface area contributed by atoms with E-state index in [-0.39, 0.29) is 42.5 Å². The zero-order valence-corrected chi connectivity index (χ0v) is 14.4. The number of hydrogen-bond donors (Lipinski definition) is 1. The van der Waals surface area contributed by atoms with Crippen molar-refractivity contribution >= 4 is 34.2 Å². The number of aromatic nitrogens is 1. The van der Waals surface area contributed by atoms with Crippen LogP contribution < -0.4 is 5.32 Å². The van der Waals surface area contributed by atoms with Crippen molar-refractivity contribution in [3.8, 4) is 0 Å². The van der Waals surface area contributed by atoms with Gasteiger partial charge in [-0.3, -0.25) is 19.3 Å². The predicted octanol–water partition coefficient (Wildman–Crippen LogP) is 2.14. The van der Waals surface area contributed by atoms with Crippen molar-refractivity contribution in [2.75, 3.05) is 11.9 Å². The van der Waals surface area contributed by atoms with Crippen molar-refractivity contribution in [3.05, 3.63) is 10.6 Å². The molecule has 0 radical (unpaired) electrons. The van der Waals surface area contributed by atoms with Crippen molar-refractivity contribution in [1.82, 2.24) is 9.88 Å². The fourth-order valence-corrected chi connectivity index (χ4v) is 5.16. The number of rotatable bonds is 4. The normalized spacial score (nSPS) is 25.8. The molecule has 0 bridgehead atoms. The fraction of sp³-hybridized carbons (Fsp3) is 0.647. The van der Waals surface area contributed by atoms with E-state index in [4.69, 9.17) is 0 Å². The van der Waals surface area contributed by atoms with Crippen LogP contribution in [-0.4, -0.2) is 34.2 Å². The van der Waals surface area contributed by atoms with Gasteiger partial charge in [0.15, 0.2) is 5.13 Å². The highest BCUT2D eigenvalue weighted by Gasteiger charge is 2.47. The molecule has 128 valence electrons. The minimum atomic E-state index is -0.183. The van der Waals surface area contributed by atoms with Gasteiger partial charge in [-0.25, -0.2) is 4.98 Å². The van der Waals surface area contributed by atoms with E-state index in [9.17, 15) is 14.4 Å². The molecule has 3 aliphatic rings. The molecule has 7 heteroatoms. The zero-order chi connectivity index (χ0) is 16.7. The topological polar surface area (TPSA) is 79.4 Å². The van der Waals surface area contributed by atoms with Crippen molar-refractivity contribution in [2.45, 2.75) is 51.4 Å². The maximum absolute atomic E-state index is 12.4. The summed E-state index contributed by atoms with van der Waals surface area (Å²) in [7, 11) is 0. The van der Waals surface area contributed by atoms with Crippen molar-refractivity contribution in [1.29, 1.82) is 0 Å². The van der Waals surface area contributed by atoms with Crippen LogP contribution in [0.3, 0.4) is 0 Å². The number of anilines is 1. The Kier molecular flexibility index (Phi) is 4.12. The second kappa shape index (κ2) is 6.27. The summed E-state index contributed by atoms with van der Waals surface area (Å²) in [5.41, 5.74) is 1.10. The van der Waals surface area contributed by atoms with Gasteiger partial charge in [-0.2, -0.15) is 0 Å². The highest BCUT2D eigenvalue weighted by Crippen LogP contribution is 2.38. The number of hydrogen-bond acceptors (Lipinski definition) is 5. The van der Waals surface area contributed by atoms with Gasteiger partial charge >= 0.3 is 0 Å².